The zero-order valence-electron chi connectivity index (χ0n) is 11.3. The van der Waals surface area contributed by atoms with E-state index in [1.165, 1.54) is 0 Å². The lowest BCUT2D eigenvalue weighted by Crippen LogP contribution is -2.24. The van der Waals surface area contributed by atoms with Crippen LogP contribution < -0.4 is 5.56 Å². The van der Waals surface area contributed by atoms with Gasteiger partial charge in [0.15, 0.2) is 0 Å². The fourth-order valence-corrected chi connectivity index (χ4v) is 2.75. The van der Waals surface area contributed by atoms with E-state index < -0.39 is 0 Å². The first-order chi connectivity index (χ1) is 9.72. The Bertz CT molecular complexity index is 787. The van der Waals surface area contributed by atoms with E-state index in [-0.39, 0.29) is 5.56 Å². The number of allylic oxidation sites excluding steroid dienone is 4. The minimum atomic E-state index is -0.0877. The van der Waals surface area contributed by atoms with Gasteiger partial charge in [0, 0.05) is 12.1 Å². The highest BCUT2D eigenvalue weighted by atomic mass is 35.5. The van der Waals surface area contributed by atoms with Crippen molar-refractivity contribution < 1.29 is 0 Å². The van der Waals surface area contributed by atoms with E-state index in [2.05, 4.69) is 17.1 Å². The van der Waals surface area contributed by atoms with Crippen LogP contribution in [0.2, 0.25) is 5.02 Å². The van der Waals surface area contributed by atoms with Gasteiger partial charge in [-0.05, 0) is 31.1 Å². The number of benzene rings is 1. The zero-order valence-corrected chi connectivity index (χ0v) is 12.0. The Balaban J connectivity index is 2.38. The fraction of sp³-hybridized carbons (Fsp3) is 0.250. The summed E-state index contributed by atoms with van der Waals surface area (Å²) in [4.78, 5) is 17.4. The Morgan fingerprint density at radius 2 is 2.20 bits per heavy atom. The molecule has 0 radical (unpaired) electrons. The number of fused-ring (bicyclic) bond motifs is 1. The molecule has 0 unspecified atom stereocenters. The molecule has 1 aromatic heterocycles. The Morgan fingerprint density at radius 3 is 2.90 bits per heavy atom. The molecule has 4 heteroatoms. The van der Waals surface area contributed by atoms with Gasteiger partial charge in [0.05, 0.1) is 15.9 Å². The largest absolute Gasteiger partial charge is 0.268 e. The third-order valence-corrected chi connectivity index (χ3v) is 3.78. The predicted molar refractivity (Wildman–Crippen MR) is 83.0 cm³/mol. The van der Waals surface area contributed by atoms with E-state index in [9.17, 15) is 4.79 Å². The Labute approximate surface area is 122 Å². The minimum absolute atomic E-state index is 0.0877. The molecule has 20 heavy (non-hydrogen) atoms. The molecule has 1 aliphatic carbocycles. The van der Waals surface area contributed by atoms with Crippen molar-refractivity contribution in [2.24, 2.45) is 0 Å². The monoisotopic (exact) mass is 286 g/mol. The highest BCUT2D eigenvalue weighted by Gasteiger charge is 2.14. The van der Waals surface area contributed by atoms with E-state index in [1.807, 2.05) is 25.1 Å². The number of hydrogen-bond donors (Lipinski definition) is 0. The van der Waals surface area contributed by atoms with Crippen LogP contribution in [-0.2, 0) is 6.42 Å². The van der Waals surface area contributed by atoms with E-state index in [1.54, 1.807) is 10.6 Å². The molecule has 0 N–H and O–H groups in total. The minimum Gasteiger partial charge on any atom is -0.268 e. The SMILES string of the molecule is CCc1nc2cccc(Cl)c2c(=O)n1C1=CCCC=C1. The van der Waals surface area contributed by atoms with Crippen LogP contribution in [0.4, 0.5) is 0 Å². The Morgan fingerprint density at radius 1 is 1.35 bits per heavy atom. The lowest BCUT2D eigenvalue weighted by atomic mass is 10.1. The van der Waals surface area contributed by atoms with Gasteiger partial charge in [-0.25, -0.2) is 4.98 Å². The maximum absolute atomic E-state index is 12.8. The Hall–Kier alpha value is -1.87. The molecule has 3 nitrogen and oxygen atoms in total. The normalized spacial score (nSPS) is 14.6. The molecule has 3 rings (SSSR count). The molecular formula is C16H15ClN2O. The standard InChI is InChI=1S/C16H15ClN2O/c1-2-14-18-13-10-6-9-12(17)15(13)16(20)19(14)11-7-4-3-5-8-11/h4,6-10H,2-3,5H2,1H3. The second kappa shape index (κ2) is 5.25. The van der Waals surface area contributed by atoms with E-state index in [0.717, 1.165) is 24.4 Å². The summed E-state index contributed by atoms with van der Waals surface area (Å²) in [6.07, 6.45) is 8.80. The predicted octanol–water partition coefficient (Wildman–Crippen LogP) is 3.80. The van der Waals surface area contributed by atoms with Crippen molar-refractivity contribution in [3.8, 4) is 0 Å². The fourth-order valence-electron chi connectivity index (χ4n) is 2.50. The van der Waals surface area contributed by atoms with Crippen molar-refractivity contribution in [3.05, 3.63) is 57.6 Å². The van der Waals surface area contributed by atoms with Gasteiger partial charge in [-0.2, -0.15) is 0 Å². The number of rotatable bonds is 2. The van der Waals surface area contributed by atoms with Gasteiger partial charge >= 0.3 is 0 Å². The Kier molecular flexibility index (Phi) is 3.45. The first-order valence-corrected chi connectivity index (χ1v) is 7.17. The van der Waals surface area contributed by atoms with Gasteiger partial charge in [-0.3, -0.25) is 9.36 Å². The van der Waals surface area contributed by atoms with Crippen LogP contribution in [0.1, 0.15) is 25.6 Å². The van der Waals surface area contributed by atoms with Crippen molar-refractivity contribution in [3.63, 3.8) is 0 Å². The summed E-state index contributed by atoms with van der Waals surface area (Å²) >= 11 is 6.18. The van der Waals surface area contributed by atoms with Gasteiger partial charge in [0.1, 0.15) is 5.82 Å². The molecule has 102 valence electrons. The number of halogens is 1. The zero-order chi connectivity index (χ0) is 14.1. The van der Waals surface area contributed by atoms with Crippen LogP contribution in [0.3, 0.4) is 0 Å². The molecule has 0 aliphatic heterocycles. The van der Waals surface area contributed by atoms with Crippen LogP contribution in [-0.4, -0.2) is 9.55 Å². The van der Waals surface area contributed by atoms with Gasteiger partial charge in [-0.1, -0.05) is 36.7 Å². The van der Waals surface area contributed by atoms with Gasteiger partial charge < -0.3 is 0 Å². The van der Waals surface area contributed by atoms with Gasteiger partial charge in [0.25, 0.3) is 5.56 Å². The number of aromatic nitrogens is 2. The van der Waals surface area contributed by atoms with E-state index >= 15 is 0 Å². The van der Waals surface area contributed by atoms with Crippen molar-refractivity contribution in [1.29, 1.82) is 0 Å². The average Bonchev–Trinajstić information content (AvgIpc) is 2.47. The topological polar surface area (TPSA) is 34.9 Å². The van der Waals surface area contributed by atoms with E-state index in [4.69, 9.17) is 11.6 Å². The quantitative estimate of drug-likeness (QED) is 0.841. The highest BCUT2D eigenvalue weighted by molar-refractivity contribution is 6.35. The van der Waals surface area contributed by atoms with Crippen LogP contribution in [0.25, 0.3) is 16.6 Å². The summed E-state index contributed by atoms with van der Waals surface area (Å²) in [6, 6.07) is 5.38. The maximum Gasteiger partial charge on any atom is 0.267 e. The number of aryl methyl sites for hydroxylation is 1. The summed E-state index contributed by atoms with van der Waals surface area (Å²) in [5.74, 6) is 0.766. The molecule has 0 fully saturated rings. The molecule has 1 aliphatic rings. The molecule has 0 amide bonds. The lowest BCUT2D eigenvalue weighted by Gasteiger charge is -2.15. The second-order valence-electron chi connectivity index (χ2n) is 4.76. The number of nitrogens with zero attached hydrogens (tertiary/aromatic N) is 2. The summed E-state index contributed by atoms with van der Waals surface area (Å²) < 4.78 is 1.68. The summed E-state index contributed by atoms with van der Waals surface area (Å²) in [7, 11) is 0. The van der Waals surface area contributed by atoms with Crippen molar-refractivity contribution in [2.45, 2.75) is 26.2 Å². The van der Waals surface area contributed by atoms with Crippen molar-refractivity contribution in [2.75, 3.05) is 0 Å². The summed E-state index contributed by atoms with van der Waals surface area (Å²) in [5.41, 5.74) is 1.47. The molecule has 0 saturated carbocycles. The molecule has 1 heterocycles. The van der Waals surface area contributed by atoms with Crippen LogP contribution >= 0.6 is 11.6 Å². The van der Waals surface area contributed by atoms with Gasteiger partial charge in [0.2, 0.25) is 0 Å². The van der Waals surface area contributed by atoms with Crippen molar-refractivity contribution in [1.82, 2.24) is 9.55 Å². The molecule has 0 saturated heterocycles. The van der Waals surface area contributed by atoms with Crippen molar-refractivity contribution >= 4 is 28.2 Å². The molecule has 0 atom stereocenters. The smallest absolute Gasteiger partial charge is 0.267 e. The third kappa shape index (κ3) is 2.08. The van der Waals surface area contributed by atoms with Crippen LogP contribution in [0.5, 0.6) is 0 Å². The highest BCUT2D eigenvalue weighted by Crippen LogP contribution is 2.21. The molecule has 0 bridgehead atoms. The van der Waals surface area contributed by atoms with Crippen LogP contribution in [0, 0.1) is 0 Å². The van der Waals surface area contributed by atoms with E-state index in [0.29, 0.717) is 22.3 Å². The van der Waals surface area contributed by atoms with Gasteiger partial charge in [-0.15, -0.1) is 0 Å². The average molecular weight is 287 g/mol. The summed E-state index contributed by atoms with van der Waals surface area (Å²) in [6.45, 7) is 2.00. The molecular weight excluding hydrogens is 272 g/mol. The maximum atomic E-state index is 12.8. The first-order valence-electron chi connectivity index (χ1n) is 6.79. The third-order valence-electron chi connectivity index (χ3n) is 3.47. The summed E-state index contributed by atoms with van der Waals surface area (Å²) in [5, 5.41) is 0.947. The number of hydrogen-bond acceptors (Lipinski definition) is 2. The molecule has 2 aromatic rings. The first kappa shape index (κ1) is 13.1. The molecule has 0 spiro atoms. The molecule has 1 aromatic carbocycles. The second-order valence-corrected chi connectivity index (χ2v) is 5.17. The lowest BCUT2D eigenvalue weighted by molar-refractivity contribution is 0.842. The van der Waals surface area contributed by atoms with Crippen LogP contribution in [0.15, 0.2) is 41.2 Å².